The standard InChI is InChI=1S/C59H108N10O27/c1-32-43(76)47(80)51(84)56(93-32)89-23-19-64-37(70)14-7-5-10-16-61-38(71)27-68(28-39(72)62-17-11-6-9-15-60)29-40(73)63-18-12-8-13-36(55(88)67-22-26-92-59-54(87)50(83)46(79)35(4)96-59)69(30-41(74)65-20-24-90-57-52(85)48(81)44(77)33(2)94-57)31-42(75)66-21-25-91-58-53(86)49(82)45(78)34(3)95-58/h32-36,43-54,56-59,76-87H,5-31,60H2,1-4H3,(H,61,71)(H,62,72)(H,63,73)(H,64,70)(H,65,74)(H,66,75)(H,67,88)/t32-,33-,34-,35-,36-,43+,44+,45+,46+,47+,48+,49+,50+,51-,52-,53-,54-,56+,57+,58+,59+/m0/s1. The second-order valence-corrected chi connectivity index (χ2v) is 24.3. The van der Waals surface area contributed by atoms with E-state index in [2.05, 4.69) is 37.2 Å². The number of carbonyl (C=O) groups is 7. The molecular formula is C59H108N10O27. The summed E-state index contributed by atoms with van der Waals surface area (Å²) in [4.78, 5) is 96.6. The van der Waals surface area contributed by atoms with Crippen LogP contribution in [-0.2, 0) is 71.5 Å². The number of aliphatic hydroxyl groups excluding tert-OH is 12. The molecule has 4 rings (SSSR count). The summed E-state index contributed by atoms with van der Waals surface area (Å²) >= 11 is 0. The van der Waals surface area contributed by atoms with Crippen LogP contribution in [0, 0.1) is 0 Å². The zero-order valence-corrected chi connectivity index (χ0v) is 55.2. The molecule has 0 bridgehead atoms. The highest BCUT2D eigenvalue weighted by Crippen LogP contribution is 2.25. The molecule has 21 atom stereocenters. The molecule has 556 valence electrons. The van der Waals surface area contributed by atoms with Crippen LogP contribution in [0.1, 0.15) is 91.9 Å². The third-order valence-corrected chi connectivity index (χ3v) is 16.4. The summed E-state index contributed by atoms with van der Waals surface area (Å²) in [6.07, 6.45) is -22.7. The molecule has 4 aliphatic rings. The molecule has 7 amide bonds. The molecule has 21 N–H and O–H groups in total. The lowest BCUT2D eigenvalue weighted by Gasteiger charge is -2.39. The highest BCUT2D eigenvalue weighted by molar-refractivity contribution is 5.86. The molecule has 0 spiro atoms. The van der Waals surface area contributed by atoms with Crippen molar-refractivity contribution in [3.8, 4) is 0 Å². The second kappa shape index (κ2) is 44.5. The SMILES string of the molecule is C[C@@H]1O[C@@H](OCCNC(=O)CCCCCNC(=O)CN(CC(=O)NCCCCCN)CC(=O)NCCCC[C@@H](C(=O)NCCO[C@@H]2O[C@@H](C)[C@@H](O)[C@@H](O)[C@@H]2O)N(CC(=O)NCCO[C@@H]2O[C@@H](C)[C@@H](O)[C@@H](O)[C@@H]2O)CC(=O)NCCO[C@@H]2O[C@@H](C)[C@@H](O)[C@@H](O)[C@@H]2O)[C@@H](O)[C@H](O)[C@@H]1O. The number of carbonyl (C=O) groups excluding carboxylic acids is 7. The Labute approximate surface area is 557 Å². The van der Waals surface area contributed by atoms with Gasteiger partial charge in [-0.15, -0.1) is 0 Å². The minimum absolute atomic E-state index is 0.0157. The van der Waals surface area contributed by atoms with Gasteiger partial charge in [0.25, 0.3) is 0 Å². The molecule has 0 aliphatic carbocycles. The fourth-order valence-corrected chi connectivity index (χ4v) is 10.6. The maximum absolute atomic E-state index is 14.3. The minimum atomic E-state index is -1.65. The van der Waals surface area contributed by atoms with Crippen molar-refractivity contribution >= 4 is 41.4 Å². The molecule has 96 heavy (non-hydrogen) atoms. The number of nitrogens with two attached hydrogens (primary N) is 1. The molecule has 0 saturated carbocycles. The van der Waals surface area contributed by atoms with Crippen LogP contribution < -0.4 is 43.0 Å². The van der Waals surface area contributed by atoms with E-state index >= 15 is 0 Å². The summed E-state index contributed by atoms with van der Waals surface area (Å²) in [5.41, 5.74) is 5.60. The Balaban J connectivity index is 1.38. The summed E-state index contributed by atoms with van der Waals surface area (Å²) in [5, 5.41) is 141. The van der Waals surface area contributed by atoms with E-state index in [-0.39, 0.29) is 117 Å². The van der Waals surface area contributed by atoms with Crippen LogP contribution >= 0.6 is 0 Å². The normalized spacial score (nSPS) is 31.1. The van der Waals surface area contributed by atoms with Gasteiger partial charge in [-0.2, -0.15) is 0 Å². The number of amides is 7. The van der Waals surface area contributed by atoms with Gasteiger partial charge in [-0.1, -0.05) is 12.8 Å². The van der Waals surface area contributed by atoms with E-state index in [4.69, 9.17) is 43.6 Å². The summed E-state index contributed by atoms with van der Waals surface area (Å²) < 4.78 is 43.9. The van der Waals surface area contributed by atoms with Crippen molar-refractivity contribution in [1.29, 1.82) is 0 Å². The van der Waals surface area contributed by atoms with E-state index in [9.17, 15) is 94.8 Å². The molecule has 0 aromatic carbocycles. The monoisotopic (exact) mass is 1390 g/mol. The number of ether oxygens (including phenoxy) is 8. The Morgan fingerprint density at radius 2 is 0.646 bits per heavy atom. The van der Waals surface area contributed by atoms with Gasteiger partial charge in [0, 0.05) is 52.2 Å². The third-order valence-electron chi connectivity index (χ3n) is 16.4. The predicted molar refractivity (Wildman–Crippen MR) is 331 cm³/mol. The number of unbranched alkanes of at least 4 members (excludes halogenated alkanes) is 5. The first-order valence-electron chi connectivity index (χ1n) is 32.9. The fraction of sp³-hybridized carbons (Fsp3) is 0.881. The highest BCUT2D eigenvalue weighted by Gasteiger charge is 2.46. The van der Waals surface area contributed by atoms with E-state index < -0.39 is 177 Å². The smallest absolute Gasteiger partial charge is 0.237 e. The Kier molecular flexibility index (Phi) is 38.8. The topological polar surface area (TPSA) is 553 Å². The molecule has 0 radical (unpaired) electrons. The molecule has 4 aliphatic heterocycles. The van der Waals surface area contributed by atoms with Crippen molar-refractivity contribution in [3.05, 3.63) is 0 Å². The zero-order valence-electron chi connectivity index (χ0n) is 55.2. The Hall–Kier alpha value is -4.63. The number of nitrogens with zero attached hydrogens (tertiary/aromatic N) is 2. The minimum Gasteiger partial charge on any atom is -0.388 e. The third kappa shape index (κ3) is 28.9. The average Bonchev–Trinajstić information content (AvgIpc) is 0.887. The first-order valence-corrected chi connectivity index (χ1v) is 32.9. The molecule has 0 unspecified atom stereocenters. The fourth-order valence-electron chi connectivity index (χ4n) is 10.6. The number of aliphatic hydroxyl groups is 12. The molecular weight excluding hydrogens is 1280 g/mol. The zero-order chi connectivity index (χ0) is 71.0. The first-order chi connectivity index (χ1) is 45.6. The van der Waals surface area contributed by atoms with Crippen molar-refractivity contribution in [2.45, 2.75) is 221 Å². The average molecular weight is 1390 g/mol. The maximum atomic E-state index is 14.3. The molecule has 0 aromatic heterocycles. The highest BCUT2D eigenvalue weighted by atomic mass is 16.7. The molecule has 37 heteroatoms. The van der Waals surface area contributed by atoms with Crippen LogP contribution in [0.2, 0.25) is 0 Å². The van der Waals surface area contributed by atoms with Gasteiger partial charge in [0.05, 0.1) is 89.6 Å². The van der Waals surface area contributed by atoms with Crippen molar-refractivity contribution in [2.24, 2.45) is 5.73 Å². The lowest BCUT2D eigenvalue weighted by atomic mass is 10.0. The van der Waals surface area contributed by atoms with Gasteiger partial charge in [0.2, 0.25) is 41.4 Å². The molecule has 4 fully saturated rings. The number of nitrogens with one attached hydrogen (secondary N) is 7. The van der Waals surface area contributed by atoms with Gasteiger partial charge in [-0.05, 0) is 79.2 Å². The lowest BCUT2D eigenvalue weighted by Crippen LogP contribution is -2.58. The van der Waals surface area contributed by atoms with Crippen LogP contribution in [0.5, 0.6) is 0 Å². The van der Waals surface area contributed by atoms with Crippen molar-refractivity contribution in [1.82, 2.24) is 47.0 Å². The van der Waals surface area contributed by atoms with Gasteiger partial charge in [0.1, 0.15) is 73.2 Å². The van der Waals surface area contributed by atoms with Crippen molar-refractivity contribution in [3.63, 3.8) is 0 Å². The van der Waals surface area contributed by atoms with Crippen molar-refractivity contribution < 1.29 is 133 Å². The predicted octanol–water partition coefficient (Wildman–Crippen LogP) is -9.99. The van der Waals surface area contributed by atoms with E-state index in [0.717, 1.165) is 12.8 Å². The van der Waals surface area contributed by atoms with E-state index in [0.29, 0.717) is 38.8 Å². The Morgan fingerprint density at radius 3 is 0.990 bits per heavy atom. The summed E-state index contributed by atoms with van der Waals surface area (Å²) in [7, 11) is 0. The van der Waals surface area contributed by atoms with Gasteiger partial charge < -0.3 is 142 Å². The van der Waals surface area contributed by atoms with Crippen LogP contribution in [0.3, 0.4) is 0 Å². The lowest BCUT2D eigenvalue weighted by molar-refractivity contribution is -0.292. The summed E-state index contributed by atoms with van der Waals surface area (Å²) in [6, 6.07) is -1.28. The summed E-state index contributed by atoms with van der Waals surface area (Å²) in [6.45, 7) is 3.30. The Morgan fingerprint density at radius 1 is 0.354 bits per heavy atom. The van der Waals surface area contributed by atoms with Gasteiger partial charge >= 0.3 is 0 Å². The van der Waals surface area contributed by atoms with Gasteiger partial charge in [-0.3, -0.25) is 43.4 Å². The summed E-state index contributed by atoms with van der Waals surface area (Å²) in [5.74, 6) is -3.90. The maximum Gasteiger partial charge on any atom is 0.237 e. The van der Waals surface area contributed by atoms with Crippen LogP contribution in [0.15, 0.2) is 0 Å². The number of hydrogen-bond acceptors (Lipinski definition) is 30. The van der Waals surface area contributed by atoms with E-state index in [1.807, 2.05) is 0 Å². The van der Waals surface area contributed by atoms with Gasteiger partial charge in [-0.25, -0.2) is 0 Å². The van der Waals surface area contributed by atoms with E-state index in [1.165, 1.54) is 37.5 Å². The number of rotatable bonds is 44. The van der Waals surface area contributed by atoms with Crippen LogP contribution in [-0.4, -0.2) is 353 Å². The van der Waals surface area contributed by atoms with E-state index in [1.54, 1.807) is 0 Å². The second-order valence-electron chi connectivity index (χ2n) is 24.3. The molecule has 4 heterocycles. The molecule has 37 nitrogen and oxygen atoms in total. The van der Waals surface area contributed by atoms with Gasteiger partial charge in [0.15, 0.2) is 25.2 Å². The van der Waals surface area contributed by atoms with Crippen LogP contribution in [0.25, 0.3) is 0 Å². The molecule has 4 saturated heterocycles. The quantitative estimate of drug-likeness (QED) is 0.0252. The largest absolute Gasteiger partial charge is 0.388 e. The van der Waals surface area contributed by atoms with Crippen LogP contribution in [0.4, 0.5) is 0 Å². The molecule has 0 aromatic rings. The number of hydrogen-bond donors (Lipinski definition) is 20. The Bertz CT molecular complexity index is 2260. The first kappa shape index (κ1) is 83.8. The van der Waals surface area contributed by atoms with Crippen molar-refractivity contribution in [2.75, 3.05) is 112 Å².